The summed E-state index contributed by atoms with van der Waals surface area (Å²) in [5, 5.41) is 11.0. The smallest absolute Gasteiger partial charge is 0.352 e. The molecule has 1 heterocycles. The van der Waals surface area contributed by atoms with Gasteiger partial charge in [0.15, 0.2) is 0 Å². The van der Waals surface area contributed by atoms with Crippen molar-refractivity contribution in [3.8, 4) is 11.6 Å². The minimum atomic E-state index is -0.576. The second-order valence-corrected chi connectivity index (χ2v) is 5.16. The first-order valence-corrected chi connectivity index (χ1v) is 6.72. The summed E-state index contributed by atoms with van der Waals surface area (Å²) in [4.78, 5) is 18.1. The van der Waals surface area contributed by atoms with E-state index in [2.05, 4.69) is 9.97 Å². The number of benzene rings is 1. The third kappa shape index (κ3) is 3.46. The van der Waals surface area contributed by atoms with Gasteiger partial charge in [0.25, 0.3) is 0 Å². The van der Waals surface area contributed by atoms with Crippen molar-refractivity contribution in [3.63, 3.8) is 0 Å². The van der Waals surface area contributed by atoms with E-state index in [0.717, 1.165) is 5.56 Å². The minimum Gasteiger partial charge on any atom is -0.434 e. The van der Waals surface area contributed by atoms with E-state index in [-0.39, 0.29) is 22.5 Å². The normalized spacial score (nSPS) is 10.7. The van der Waals surface area contributed by atoms with E-state index in [0.29, 0.717) is 11.7 Å². The zero-order valence-corrected chi connectivity index (χ0v) is 12.6. The highest BCUT2D eigenvalue weighted by molar-refractivity contribution is 6.28. The summed E-state index contributed by atoms with van der Waals surface area (Å²) in [5.41, 5.74) is 0.941. The highest BCUT2D eigenvalue weighted by atomic mass is 35.5. The van der Waals surface area contributed by atoms with Crippen LogP contribution in [0.3, 0.4) is 0 Å². The number of rotatable bonds is 4. The topological polar surface area (TPSA) is 78.2 Å². The Bertz CT molecular complexity index is 689. The number of nitrogens with zero attached hydrogens (tertiary/aromatic N) is 3. The molecule has 0 aliphatic rings. The molecule has 0 fully saturated rings. The van der Waals surface area contributed by atoms with Gasteiger partial charge in [-0.1, -0.05) is 26.0 Å². The van der Waals surface area contributed by atoms with E-state index in [1.54, 1.807) is 6.07 Å². The second kappa shape index (κ2) is 6.05. The fourth-order valence-electron chi connectivity index (χ4n) is 1.84. The molecule has 0 unspecified atom stereocenters. The lowest BCUT2D eigenvalue weighted by Crippen LogP contribution is -2.01. The van der Waals surface area contributed by atoms with Gasteiger partial charge in [0, 0.05) is 0 Å². The van der Waals surface area contributed by atoms with Gasteiger partial charge in [-0.2, -0.15) is 4.98 Å². The first-order chi connectivity index (χ1) is 9.88. The molecule has 0 bridgehead atoms. The van der Waals surface area contributed by atoms with Crippen molar-refractivity contribution in [1.29, 1.82) is 0 Å². The number of aryl methyl sites for hydroxylation is 1. The maximum absolute atomic E-state index is 11.1. The molecule has 110 valence electrons. The molecule has 0 atom stereocenters. The Morgan fingerprint density at radius 3 is 2.67 bits per heavy atom. The van der Waals surface area contributed by atoms with Crippen LogP contribution in [0.1, 0.15) is 31.0 Å². The molecule has 2 rings (SSSR count). The van der Waals surface area contributed by atoms with Crippen LogP contribution in [0.2, 0.25) is 5.28 Å². The molecular weight excluding hydrogens is 294 g/mol. The first kappa shape index (κ1) is 15.2. The quantitative estimate of drug-likeness (QED) is 0.479. The lowest BCUT2D eigenvalue weighted by Gasteiger charge is -2.10. The first-order valence-electron chi connectivity index (χ1n) is 6.35. The fraction of sp³-hybridized carbons (Fsp3) is 0.286. The van der Waals surface area contributed by atoms with Gasteiger partial charge in [0.1, 0.15) is 11.4 Å². The summed E-state index contributed by atoms with van der Waals surface area (Å²) in [7, 11) is 0. The summed E-state index contributed by atoms with van der Waals surface area (Å²) in [6.07, 6.45) is 0. The monoisotopic (exact) mass is 307 g/mol. The molecule has 0 saturated carbocycles. The molecule has 7 heteroatoms. The van der Waals surface area contributed by atoms with Crippen LogP contribution in [0, 0.1) is 17.0 Å². The predicted molar refractivity (Wildman–Crippen MR) is 79.0 cm³/mol. The van der Waals surface area contributed by atoms with Crippen molar-refractivity contribution in [3.05, 3.63) is 50.9 Å². The third-order valence-corrected chi connectivity index (χ3v) is 3.09. The summed E-state index contributed by atoms with van der Waals surface area (Å²) >= 11 is 5.75. The lowest BCUT2D eigenvalue weighted by atomic mass is 10.0. The zero-order valence-electron chi connectivity index (χ0n) is 11.8. The Morgan fingerprint density at radius 2 is 2.05 bits per heavy atom. The third-order valence-electron chi connectivity index (χ3n) is 2.92. The summed E-state index contributed by atoms with van der Waals surface area (Å²) in [5.74, 6) is 0.635. The van der Waals surface area contributed by atoms with Gasteiger partial charge in [0.2, 0.25) is 5.28 Å². The molecule has 0 N–H and O–H groups in total. The highest BCUT2D eigenvalue weighted by Gasteiger charge is 2.24. The Morgan fingerprint density at radius 1 is 1.33 bits per heavy atom. The Hall–Kier alpha value is -2.21. The van der Waals surface area contributed by atoms with Gasteiger partial charge in [-0.15, -0.1) is 0 Å². The standard InChI is InChI=1S/C14H14ClN3O3/c1-8(2)10-5-4-6-11(7-10)21-13-12(18(19)20)9(3)16-14(15)17-13/h4-8H,1-3H3. The average Bonchev–Trinajstić information content (AvgIpc) is 2.37. The van der Waals surface area contributed by atoms with Crippen molar-refractivity contribution in [2.75, 3.05) is 0 Å². The molecule has 0 aliphatic carbocycles. The van der Waals surface area contributed by atoms with E-state index < -0.39 is 4.92 Å². The molecule has 1 aromatic carbocycles. The maximum Gasteiger partial charge on any atom is 0.352 e. The molecule has 0 saturated heterocycles. The number of aromatic nitrogens is 2. The molecule has 0 spiro atoms. The zero-order chi connectivity index (χ0) is 15.6. The van der Waals surface area contributed by atoms with Crippen molar-refractivity contribution in [2.24, 2.45) is 0 Å². The Labute approximate surface area is 126 Å². The van der Waals surface area contributed by atoms with Gasteiger partial charge in [-0.05, 0) is 42.1 Å². The minimum absolute atomic E-state index is 0.0897. The van der Waals surface area contributed by atoms with Crippen LogP contribution >= 0.6 is 11.6 Å². The summed E-state index contributed by atoms with van der Waals surface area (Å²) in [6, 6.07) is 7.32. The van der Waals surface area contributed by atoms with Crippen LogP contribution in [-0.2, 0) is 0 Å². The molecule has 0 aliphatic heterocycles. The number of hydrogen-bond acceptors (Lipinski definition) is 5. The second-order valence-electron chi connectivity index (χ2n) is 4.82. The van der Waals surface area contributed by atoms with Gasteiger partial charge in [0.05, 0.1) is 4.92 Å². The Balaban J connectivity index is 2.44. The molecule has 0 amide bonds. The van der Waals surface area contributed by atoms with E-state index in [9.17, 15) is 10.1 Å². The number of hydrogen-bond donors (Lipinski definition) is 0. The van der Waals surface area contributed by atoms with Crippen LogP contribution in [0.25, 0.3) is 0 Å². The van der Waals surface area contributed by atoms with Gasteiger partial charge in [-0.3, -0.25) is 10.1 Å². The van der Waals surface area contributed by atoms with Crippen molar-refractivity contribution in [2.45, 2.75) is 26.7 Å². The lowest BCUT2D eigenvalue weighted by molar-refractivity contribution is -0.386. The van der Waals surface area contributed by atoms with Crippen LogP contribution in [-0.4, -0.2) is 14.9 Å². The fourth-order valence-corrected chi connectivity index (χ4v) is 2.04. The van der Waals surface area contributed by atoms with Crippen molar-refractivity contribution >= 4 is 17.3 Å². The molecule has 2 aromatic rings. The van der Waals surface area contributed by atoms with E-state index in [1.165, 1.54) is 6.92 Å². The molecule has 21 heavy (non-hydrogen) atoms. The van der Waals surface area contributed by atoms with Gasteiger partial charge >= 0.3 is 11.6 Å². The highest BCUT2D eigenvalue weighted by Crippen LogP contribution is 2.33. The van der Waals surface area contributed by atoms with E-state index >= 15 is 0 Å². The Kier molecular flexibility index (Phi) is 4.37. The van der Waals surface area contributed by atoms with Crippen LogP contribution < -0.4 is 4.74 Å². The molecular formula is C14H14ClN3O3. The summed E-state index contributed by atoms with van der Waals surface area (Å²) < 4.78 is 5.55. The average molecular weight is 308 g/mol. The SMILES string of the molecule is Cc1nc(Cl)nc(Oc2cccc(C(C)C)c2)c1[N+](=O)[O-]. The van der Waals surface area contributed by atoms with Crippen molar-refractivity contribution in [1.82, 2.24) is 9.97 Å². The van der Waals surface area contributed by atoms with Gasteiger partial charge in [-0.25, -0.2) is 4.98 Å². The molecule has 1 aromatic heterocycles. The van der Waals surface area contributed by atoms with Crippen LogP contribution in [0.5, 0.6) is 11.6 Å². The van der Waals surface area contributed by atoms with Crippen molar-refractivity contribution < 1.29 is 9.66 Å². The molecule has 0 radical (unpaired) electrons. The predicted octanol–water partition coefficient (Wildman–Crippen LogP) is 4.26. The van der Waals surface area contributed by atoms with Crippen LogP contribution in [0.4, 0.5) is 5.69 Å². The number of halogens is 1. The van der Waals surface area contributed by atoms with Gasteiger partial charge < -0.3 is 4.74 Å². The number of ether oxygens (including phenoxy) is 1. The van der Waals surface area contributed by atoms with Crippen LogP contribution in [0.15, 0.2) is 24.3 Å². The summed E-state index contributed by atoms with van der Waals surface area (Å²) in [6.45, 7) is 5.59. The maximum atomic E-state index is 11.1. The largest absolute Gasteiger partial charge is 0.434 e. The van der Waals surface area contributed by atoms with E-state index in [4.69, 9.17) is 16.3 Å². The van der Waals surface area contributed by atoms with E-state index in [1.807, 2.05) is 32.0 Å². The number of nitro groups is 1. The molecule has 6 nitrogen and oxygen atoms in total.